The molecule has 0 atom stereocenters. The Bertz CT molecular complexity index is 1380. The fourth-order valence-electron chi connectivity index (χ4n) is 4.35. The number of ether oxygens (including phenoxy) is 1. The highest BCUT2D eigenvalue weighted by atomic mass is 32.2. The smallest absolute Gasteiger partial charge is 0.322 e. The minimum Gasteiger partial charge on any atom is -0.424 e. The lowest BCUT2D eigenvalue weighted by Gasteiger charge is -2.19. The largest absolute Gasteiger partial charge is 0.424 e. The second-order valence-electron chi connectivity index (χ2n) is 7.90. The number of aromatic nitrogens is 4. The quantitative estimate of drug-likeness (QED) is 0.416. The first-order valence-corrected chi connectivity index (χ1v) is 12.5. The highest BCUT2D eigenvalue weighted by Gasteiger charge is 2.44. The van der Waals surface area contributed by atoms with Crippen LogP contribution in [0.1, 0.15) is 0 Å². The van der Waals surface area contributed by atoms with E-state index in [4.69, 9.17) is 4.74 Å². The Balaban J connectivity index is 1.50. The second-order valence-corrected chi connectivity index (χ2v) is 11.1. The molecule has 6 nitrogen and oxygen atoms in total. The van der Waals surface area contributed by atoms with Crippen molar-refractivity contribution < 1.29 is 9.13 Å². The zero-order chi connectivity index (χ0) is 22.4. The van der Waals surface area contributed by atoms with Crippen LogP contribution in [0.5, 0.6) is 11.8 Å². The lowest BCUT2D eigenvalue weighted by Crippen LogP contribution is -2.24. The molecular formula is C24H19FN4O2S2. The van der Waals surface area contributed by atoms with Crippen LogP contribution in [0.15, 0.2) is 71.7 Å². The van der Waals surface area contributed by atoms with E-state index in [1.807, 2.05) is 58.5 Å². The third-order valence-corrected chi connectivity index (χ3v) is 9.14. The topological polar surface area (TPSA) is 61.9 Å². The zero-order valence-electron chi connectivity index (χ0n) is 17.5. The molecule has 1 spiro atoms. The van der Waals surface area contributed by atoms with Crippen LogP contribution in [0.25, 0.3) is 22.5 Å². The SMILES string of the molecule is O=c1c(-c2ccc(F)cc2)c(-c2ccnc(Oc3ccccc3)n2)n2n1CC1(C2)SCCS1. The van der Waals surface area contributed by atoms with Crippen molar-refractivity contribution in [3.8, 4) is 34.3 Å². The van der Waals surface area contributed by atoms with Crippen LogP contribution in [-0.2, 0) is 13.1 Å². The summed E-state index contributed by atoms with van der Waals surface area (Å²) in [5, 5.41) is 0. The summed E-state index contributed by atoms with van der Waals surface area (Å²) in [5.41, 5.74) is 2.39. The molecule has 0 amide bonds. The molecule has 33 heavy (non-hydrogen) atoms. The summed E-state index contributed by atoms with van der Waals surface area (Å²) in [6.07, 6.45) is 1.63. The van der Waals surface area contributed by atoms with Gasteiger partial charge in [-0.25, -0.2) is 14.1 Å². The number of halogens is 1. The van der Waals surface area contributed by atoms with Crippen LogP contribution < -0.4 is 10.3 Å². The molecule has 2 aromatic carbocycles. The van der Waals surface area contributed by atoms with E-state index in [9.17, 15) is 9.18 Å². The van der Waals surface area contributed by atoms with E-state index in [2.05, 4.69) is 9.97 Å². The molecule has 4 aromatic rings. The van der Waals surface area contributed by atoms with Crippen molar-refractivity contribution >= 4 is 23.5 Å². The summed E-state index contributed by atoms with van der Waals surface area (Å²) in [7, 11) is 0. The first-order valence-electron chi connectivity index (χ1n) is 10.6. The van der Waals surface area contributed by atoms with E-state index >= 15 is 0 Å². The first kappa shape index (κ1) is 20.6. The van der Waals surface area contributed by atoms with Crippen LogP contribution >= 0.6 is 23.5 Å². The molecule has 6 rings (SSSR count). The van der Waals surface area contributed by atoms with Crippen molar-refractivity contribution in [2.24, 2.45) is 0 Å². The molecule has 4 heterocycles. The Labute approximate surface area is 197 Å². The third-order valence-electron chi connectivity index (χ3n) is 5.79. The van der Waals surface area contributed by atoms with Gasteiger partial charge in [0.05, 0.1) is 30.0 Å². The van der Waals surface area contributed by atoms with Gasteiger partial charge in [-0.15, -0.1) is 23.5 Å². The van der Waals surface area contributed by atoms with E-state index < -0.39 is 0 Å². The number of hydrogen-bond acceptors (Lipinski definition) is 6. The van der Waals surface area contributed by atoms with Crippen LogP contribution in [0.3, 0.4) is 0 Å². The van der Waals surface area contributed by atoms with Crippen LogP contribution in [0.4, 0.5) is 4.39 Å². The van der Waals surface area contributed by atoms with E-state index in [-0.39, 0.29) is 21.5 Å². The Morgan fingerprint density at radius 1 is 0.939 bits per heavy atom. The van der Waals surface area contributed by atoms with Gasteiger partial charge in [0.15, 0.2) is 0 Å². The minimum atomic E-state index is -0.342. The van der Waals surface area contributed by atoms with Gasteiger partial charge in [-0.1, -0.05) is 30.3 Å². The van der Waals surface area contributed by atoms with E-state index in [0.717, 1.165) is 11.5 Å². The molecule has 2 aliphatic heterocycles. The highest BCUT2D eigenvalue weighted by Crippen LogP contribution is 2.50. The van der Waals surface area contributed by atoms with Crippen molar-refractivity contribution in [1.29, 1.82) is 0 Å². The van der Waals surface area contributed by atoms with Crippen LogP contribution in [0, 0.1) is 5.82 Å². The maximum absolute atomic E-state index is 13.6. The fourth-order valence-corrected chi connectivity index (χ4v) is 7.45. The maximum atomic E-state index is 13.6. The van der Waals surface area contributed by atoms with Crippen LogP contribution in [0.2, 0.25) is 0 Å². The monoisotopic (exact) mass is 478 g/mol. The molecule has 0 radical (unpaired) electrons. The number of fused-ring (bicyclic) bond motifs is 1. The van der Waals surface area contributed by atoms with Crippen molar-refractivity contribution in [3.63, 3.8) is 0 Å². The average molecular weight is 479 g/mol. The molecule has 2 aromatic heterocycles. The summed E-state index contributed by atoms with van der Waals surface area (Å²) < 4.78 is 23.3. The number of hydrogen-bond donors (Lipinski definition) is 0. The molecule has 0 N–H and O–H groups in total. The number of para-hydroxylation sites is 1. The summed E-state index contributed by atoms with van der Waals surface area (Å²) >= 11 is 3.82. The first-order chi connectivity index (χ1) is 16.1. The molecule has 1 fully saturated rings. The number of nitrogens with zero attached hydrogens (tertiary/aromatic N) is 4. The van der Waals surface area contributed by atoms with Crippen molar-refractivity contribution in [2.75, 3.05) is 11.5 Å². The summed E-state index contributed by atoms with van der Waals surface area (Å²) in [6.45, 7) is 1.33. The lowest BCUT2D eigenvalue weighted by atomic mass is 10.0. The van der Waals surface area contributed by atoms with Gasteiger partial charge in [-0.3, -0.25) is 9.48 Å². The summed E-state index contributed by atoms with van der Waals surface area (Å²) in [6, 6.07) is 17.3. The lowest BCUT2D eigenvalue weighted by molar-refractivity contribution is 0.442. The predicted molar refractivity (Wildman–Crippen MR) is 129 cm³/mol. The molecule has 0 saturated carbocycles. The number of benzene rings is 2. The van der Waals surface area contributed by atoms with Gasteiger partial charge < -0.3 is 4.74 Å². The zero-order valence-corrected chi connectivity index (χ0v) is 19.1. The predicted octanol–water partition coefficient (Wildman–Crippen LogP) is 4.90. The van der Waals surface area contributed by atoms with E-state index in [1.54, 1.807) is 29.1 Å². The third kappa shape index (κ3) is 3.65. The van der Waals surface area contributed by atoms with Crippen LogP contribution in [-0.4, -0.2) is 34.9 Å². The Kier molecular flexibility index (Phi) is 5.03. The van der Waals surface area contributed by atoms with E-state index in [0.29, 0.717) is 41.4 Å². The molecular weight excluding hydrogens is 459 g/mol. The number of rotatable bonds is 4. The Morgan fingerprint density at radius 3 is 2.42 bits per heavy atom. The second kappa shape index (κ2) is 8.07. The minimum absolute atomic E-state index is 0.0361. The fraction of sp³-hybridized carbons (Fsp3) is 0.208. The molecule has 166 valence electrons. The molecule has 9 heteroatoms. The standard InChI is InChI=1S/C24H19FN4O2S2/c25-17-8-6-16(7-9-17)20-21(28-14-24(32-12-13-33-24)15-29(28)22(20)30)19-10-11-26-23(27-19)31-18-4-2-1-3-5-18/h1-11H,12-15H2. The van der Waals surface area contributed by atoms with Gasteiger partial charge in [0, 0.05) is 17.7 Å². The molecule has 1 saturated heterocycles. The van der Waals surface area contributed by atoms with E-state index in [1.165, 1.54) is 12.1 Å². The van der Waals surface area contributed by atoms with Crippen molar-refractivity contribution in [3.05, 3.63) is 83.0 Å². The molecule has 2 aliphatic rings. The summed E-state index contributed by atoms with van der Waals surface area (Å²) in [4.78, 5) is 22.5. The molecule has 0 bridgehead atoms. The van der Waals surface area contributed by atoms with Gasteiger partial charge >= 0.3 is 6.01 Å². The van der Waals surface area contributed by atoms with Gasteiger partial charge in [-0.2, -0.15) is 4.98 Å². The van der Waals surface area contributed by atoms with Gasteiger partial charge in [0.2, 0.25) is 0 Å². The normalized spacial score (nSPS) is 16.3. The molecule has 0 unspecified atom stereocenters. The van der Waals surface area contributed by atoms with Gasteiger partial charge in [0.1, 0.15) is 15.6 Å². The average Bonchev–Trinajstić information content (AvgIpc) is 3.51. The van der Waals surface area contributed by atoms with Crippen molar-refractivity contribution in [2.45, 2.75) is 17.2 Å². The Hall–Kier alpha value is -3.04. The highest BCUT2D eigenvalue weighted by molar-refractivity contribution is 8.21. The molecule has 0 aliphatic carbocycles. The summed E-state index contributed by atoms with van der Waals surface area (Å²) in [5.74, 6) is 2.44. The van der Waals surface area contributed by atoms with Gasteiger partial charge in [-0.05, 0) is 35.9 Å². The number of thioether (sulfide) groups is 2. The van der Waals surface area contributed by atoms with Crippen molar-refractivity contribution in [1.82, 2.24) is 19.3 Å². The Morgan fingerprint density at radius 2 is 1.67 bits per heavy atom. The maximum Gasteiger partial charge on any atom is 0.322 e. The van der Waals surface area contributed by atoms with Gasteiger partial charge in [0.25, 0.3) is 5.56 Å².